The van der Waals surface area contributed by atoms with Crippen molar-refractivity contribution in [2.75, 3.05) is 13.7 Å². The summed E-state index contributed by atoms with van der Waals surface area (Å²) in [7, 11) is 1.70. The summed E-state index contributed by atoms with van der Waals surface area (Å²) in [5, 5.41) is 8.29. The Labute approximate surface area is 97.0 Å². The second kappa shape index (κ2) is 7.35. The van der Waals surface area contributed by atoms with Crippen molar-refractivity contribution >= 4 is 0 Å². The van der Waals surface area contributed by atoms with Crippen LogP contribution in [0.25, 0.3) is 0 Å². The van der Waals surface area contributed by atoms with Crippen molar-refractivity contribution in [1.29, 1.82) is 0 Å². The molecule has 0 radical (unpaired) electrons. The van der Waals surface area contributed by atoms with Gasteiger partial charge in [-0.15, -0.1) is 10.2 Å². The summed E-state index contributed by atoms with van der Waals surface area (Å²) in [6.07, 6.45) is 4.59. The molecular weight excluding hydrogens is 204 g/mol. The SMILES string of the molecule is CCCCCc1nnc(CN)n1CCOC. The molecule has 0 saturated carbocycles. The maximum absolute atomic E-state index is 5.63. The fourth-order valence-corrected chi connectivity index (χ4v) is 1.68. The van der Waals surface area contributed by atoms with E-state index in [0.29, 0.717) is 13.2 Å². The Morgan fingerprint density at radius 3 is 2.62 bits per heavy atom. The predicted octanol–water partition coefficient (Wildman–Crippen LogP) is 1.12. The van der Waals surface area contributed by atoms with Gasteiger partial charge >= 0.3 is 0 Å². The number of hydrogen-bond donors (Lipinski definition) is 1. The van der Waals surface area contributed by atoms with Crippen molar-refractivity contribution in [1.82, 2.24) is 14.8 Å². The third-order valence-electron chi connectivity index (χ3n) is 2.61. The van der Waals surface area contributed by atoms with Crippen LogP contribution in [0.3, 0.4) is 0 Å². The first-order valence-electron chi connectivity index (χ1n) is 5.93. The molecule has 0 bridgehead atoms. The first-order chi connectivity index (χ1) is 7.83. The minimum atomic E-state index is 0.435. The zero-order chi connectivity index (χ0) is 11.8. The topological polar surface area (TPSA) is 66.0 Å². The van der Waals surface area contributed by atoms with Crippen LogP contribution in [0.15, 0.2) is 0 Å². The Hall–Kier alpha value is -0.940. The fourth-order valence-electron chi connectivity index (χ4n) is 1.68. The molecule has 0 aliphatic carbocycles. The van der Waals surface area contributed by atoms with Gasteiger partial charge in [-0.1, -0.05) is 19.8 Å². The van der Waals surface area contributed by atoms with E-state index in [1.54, 1.807) is 7.11 Å². The molecule has 92 valence electrons. The maximum atomic E-state index is 5.63. The Morgan fingerprint density at radius 1 is 1.25 bits per heavy atom. The molecule has 0 fully saturated rings. The first kappa shape index (κ1) is 13.1. The standard InChI is InChI=1S/C11H22N4O/c1-3-4-5-6-10-13-14-11(9-12)15(10)7-8-16-2/h3-9,12H2,1-2H3. The Bertz CT molecular complexity index is 298. The van der Waals surface area contributed by atoms with Crippen LogP contribution in [0.2, 0.25) is 0 Å². The Kier molecular flexibility index (Phi) is 6.03. The van der Waals surface area contributed by atoms with Gasteiger partial charge in [0, 0.05) is 20.1 Å². The summed E-state index contributed by atoms with van der Waals surface area (Å²) < 4.78 is 7.16. The lowest BCUT2D eigenvalue weighted by atomic mass is 10.2. The van der Waals surface area contributed by atoms with Crippen LogP contribution in [0.5, 0.6) is 0 Å². The molecule has 0 aliphatic heterocycles. The number of nitrogens with zero attached hydrogens (tertiary/aromatic N) is 3. The molecule has 0 spiro atoms. The van der Waals surface area contributed by atoms with Crippen LogP contribution in [0, 0.1) is 0 Å². The third kappa shape index (κ3) is 3.57. The van der Waals surface area contributed by atoms with Gasteiger partial charge in [0.15, 0.2) is 0 Å². The van der Waals surface area contributed by atoms with E-state index in [2.05, 4.69) is 21.7 Å². The number of unbranched alkanes of at least 4 members (excludes halogenated alkanes) is 2. The Morgan fingerprint density at radius 2 is 2.00 bits per heavy atom. The van der Waals surface area contributed by atoms with Gasteiger partial charge in [0.25, 0.3) is 0 Å². The lowest BCUT2D eigenvalue weighted by Crippen LogP contribution is -2.14. The van der Waals surface area contributed by atoms with Crippen LogP contribution in [0.1, 0.15) is 37.8 Å². The molecule has 0 aromatic carbocycles. The van der Waals surface area contributed by atoms with E-state index in [9.17, 15) is 0 Å². The van der Waals surface area contributed by atoms with Crippen LogP contribution >= 0.6 is 0 Å². The lowest BCUT2D eigenvalue weighted by molar-refractivity contribution is 0.185. The number of ether oxygens (including phenoxy) is 1. The second-order valence-electron chi connectivity index (χ2n) is 3.84. The van der Waals surface area contributed by atoms with E-state index >= 15 is 0 Å². The summed E-state index contributed by atoms with van der Waals surface area (Å²) in [6.45, 7) is 4.09. The number of aromatic nitrogens is 3. The van der Waals surface area contributed by atoms with Gasteiger partial charge in [-0.05, 0) is 6.42 Å². The van der Waals surface area contributed by atoms with E-state index in [-0.39, 0.29) is 0 Å². The summed E-state index contributed by atoms with van der Waals surface area (Å²) in [4.78, 5) is 0. The highest BCUT2D eigenvalue weighted by Crippen LogP contribution is 2.07. The number of rotatable bonds is 8. The largest absolute Gasteiger partial charge is 0.383 e. The van der Waals surface area contributed by atoms with E-state index in [0.717, 1.165) is 31.0 Å². The summed E-state index contributed by atoms with van der Waals surface area (Å²) >= 11 is 0. The zero-order valence-electron chi connectivity index (χ0n) is 10.3. The molecule has 0 amide bonds. The van der Waals surface area contributed by atoms with Crippen LogP contribution in [-0.2, 0) is 24.2 Å². The van der Waals surface area contributed by atoms with Gasteiger partial charge in [-0.3, -0.25) is 0 Å². The van der Waals surface area contributed by atoms with Gasteiger partial charge in [0.1, 0.15) is 11.6 Å². The van der Waals surface area contributed by atoms with Crippen molar-refractivity contribution in [3.05, 3.63) is 11.6 Å². The van der Waals surface area contributed by atoms with Crippen molar-refractivity contribution in [2.24, 2.45) is 5.73 Å². The van der Waals surface area contributed by atoms with E-state index in [1.807, 2.05) is 0 Å². The molecular formula is C11H22N4O. The van der Waals surface area contributed by atoms with Gasteiger partial charge < -0.3 is 15.0 Å². The molecule has 2 N–H and O–H groups in total. The third-order valence-corrected chi connectivity index (χ3v) is 2.61. The van der Waals surface area contributed by atoms with Crippen LogP contribution in [-0.4, -0.2) is 28.5 Å². The van der Waals surface area contributed by atoms with Crippen molar-refractivity contribution in [3.8, 4) is 0 Å². The molecule has 0 saturated heterocycles. The normalized spacial score (nSPS) is 10.9. The quantitative estimate of drug-likeness (QED) is 0.674. The highest BCUT2D eigenvalue weighted by Gasteiger charge is 2.09. The molecule has 16 heavy (non-hydrogen) atoms. The molecule has 1 heterocycles. The second-order valence-corrected chi connectivity index (χ2v) is 3.84. The summed E-state index contributed by atoms with van der Waals surface area (Å²) in [5.74, 6) is 1.88. The van der Waals surface area contributed by atoms with Crippen molar-refractivity contribution in [2.45, 2.75) is 45.7 Å². The van der Waals surface area contributed by atoms with E-state index in [1.165, 1.54) is 12.8 Å². The van der Waals surface area contributed by atoms with Gasteiger partial charge in [0.2, 0.25) is 0 Å². The Balaban J connectivity index is 2.62. The number of aryl methyl sites for hydroxylation is 1. The van der Waals surface area contributed by atoms with Crippen LogP contribution in [0.4, 0.5) is 0 Å². The van der Waals surface area contributed by atoms with Crippen molar-refractivity contribution in [3.63, 3.8) is 0 Å². The molecule has 1 aromatic heterocycles. The van der Waals surface area contributed by atoms with E-state index in [4.69, 9.17) is 10.5 Å². The lowest BCUT2D eigenvalue weighted by Gasteiger charge is -2.08. The number of nitrogens with two attached hydrogens (primary N) is 1. The average molecular weight is 226 g/mol. The minimum Gasteiger partial charge on any atom is -0.383 e. The molecule has 5 heteroatoms. The van der Waals surface area contributed by atoms with Gasteiger partial charge in [-0.25, -0.2) is 0 Å². The summed E-state index contributed by atoms with van der Waals surface area (Å²) in [5.41, 5.74) is 5.63. The summed E-state index contributed by atoms with van der Waals surface area (Å²) in [6, 6.07) is 0. The monoisotopic (exact) mass is 226 g/mol. The first-order valence-corrected chi connectivity index (χ1v) is 5.93. The molecule has 0 atom stereocenters. The maximum Gasteiger partial charge on any atom is 0.146 e. The molecule has 1 rings (SSSR count). The number of methoxy groups -OCH3 is 1. The minimum absolute atomic E-state index is 0.435. The molecule has 0 unspecified atom stereocenters. The average Bonchev–Trinajstić information content (AvgIpc) is 2.69. The highest BCUT2D eigenvalue weighted by molar-refractivity contribution is 4.96. The zero-order valence-corrected chi connectivity index (χ0v) is 10.3. The molecule has 0 aliphatic rings. The van der Waals surface area contributed by atoms with Crippen LogP contribution < -0.4 is 5.73 Å². The predicted molar refractivity (Wildman–Crippen MR) is 63.0 cm³/mol. The van der Waals surface area contributed by atoms with Crippen molar-refractivity contribution < 1.29 is 4.74 Å². The smallest absolute Gasteiger partial charge is 0.146 e. The van der Waals surface area contributed by atoms with Gasteiger partial charge in [0.05, 0.1) is 13.2 Å². The highest BCUT2D eigenvalue weighted by atomic mass is 16.5. The van der Waals surface area contributed by atoms with E-state index < -0.39 is 0 Å². The van der Waals surface area contributed by atoms with Gasteiger partial charge in [-0.2, -0.15) is 0 Å². The molecule has 5 nitrogen and oxygen atoms in total. The molecule has 1 aromatic rings. The fraction of sp³-hybridized carbons (Fsp3) is 0.818. The number of hydrogen-bond acceptors (Lipinski definition) is 4.